The molecular weight excluding hydrogens is 500 g/mol. The van der Waals surface area contributed by atoms with Gasteiger partial charge >= 0.3 is 6.03 Å². The number of carbonyl (C=O) groups is 3. The summed E-state index contributed by atoms with van der Waals surface area (Å²) in [5.41, 5.74) is 5.85. The Kier molecular flexibility index (Phi) is 5.89. The van der Waals surface area contributed by atoms with E-state index in [4.69, 9.17) is 14.9 Å². The number of primary amides is 1. The smallest absolute Gasteiger partial charge is 0.313 e. The molecule has 1 aliphatic rings. The lowest BCUT2D eigenvalue weighted by Gasteiger charge is -2.30. The second-order valence-corrected chi connectivity index (χ2v) is 9.15. The number of aromatic amines is 1. The van der Waals surface area contributed by atoms with Crippen LogP contribution in [0.2, 0.25) is 0 Å². The fraction of sp³-hybridized carbons (Fsp3) is 0.231. The van der Waals surface area contributed by atoms with Crippen molar-refractivity contribution in [3.63, 3.8) is 0 Å². The third-order valence-corrected chi connectivity index (χ3v) is 6.71. The molecule has 1 aliphatic heterocycles. The van der Waals surface area contributed by atoms with Gasteiger partial charge in [-0.3, -0.25) is 9.89 Å². The summed E-state index contributed by atoms with van der Waals surface area (Å²) < 4.78 is 40.7. The van der Waals surface area contributed by atoms with E-state index in [9.17, 15) is 18.8 Å². The van der Waals surface area contributed by atoms with Gasteiger partial charge < -0.3 is 29.9 Å². The zero-order chi connectivity index (χ0) is 27.4. The van der Waals surface area contributed by atoms with Gasteiger partial charge in [-0.2, -0.15) is 5.10 Å². The third kappa shape index (κ3) is 3.85. The summed E-state index contributed by atoms with van der Waals surface area (Å²) in [6.45, 7) is 3.03. The Morgan fingerprint density at radius 2 is 2.05 bits per heavy atom. The molecule has 3 heterocycles. The number of carbonyl (C=O) groups excluding carboxylic acids is 3. The standard InChI is InChI=1S/C26H23F2N5O5/c1-12-21(13(2)32-31-12)16-6-15-7-20(38-19(15)8-17(16)27)26(11-34,30-25(29)36)10-33-9-14-4-5-18(37-3)23(28)22(14)24(33)35/h4-8,11H,9-10H2,1-3H3,(H,31,32)(H3,29,30,36)/t26-/m1/s1. The summed E-state index contributed by atoms with van der Waals surface area (Å²) in [5.74, 6) is -2.30. The lowest BCUT2D eigenvalue weighted by Crippen LogP contribution is -2.55. The molecule has 10 nitrogen and oxygen atoms in total. The molecule has 1 atom stereocenters. The highest BCUT2D eigenvalue weighted by molar-refractivity contribution is 5.99. The van der Waals surface area contributed by atoms with E-state index in [-0.39, 0.29) is 34.8 Å². The normalized spacial score (nSPS) is 14.4. The summed E-state index contributed by atoms with van der Waals surface area (Å²) in [4.78, 5) is 38.8. The number of nitrogens with one attached hydrogen (secondary N) is 2. The number of methoxy groups -OCH3 is 1. The number of ether oxygens (including phenoxy) is 1. The van der Waals surface area contributed by atoms with E-state index >= 15 is 4.39 Å². The number of amides is 3. The lowest BCUT2D eigenvalue weighted by molar-refractivity contribution is -0.114. The van der Waals surface area contributed by atoms with Gasteiger partial charge in [-0.15, -0.1) is 0 Å². The molecule has 0 fully saturated rings. The Morgan fingerprint density at radius 1 is 1.29 bits per heavy atom. The number of aldehydes is 1. The molecule has 0 saturated carbocycles. The SMILES string of the molecule is COc1ccc2c(c1F)C(=O)N(C[C@](C=O)(NC(N)=O)c1cc3cc(-c4c(C)n[nH]c4C)c(F)cc3o1)C2. The van der Waals surface area contributed by atoms with Crippen LogP contribution in [0.3, 0.4) is 0 Å². The van der Waals surface area contributed by atoms with E-state index < -0.39 is 35.7 Å². The molecule has 2 aromatic heterocycles. The lowest BCUT2D eigenvalue weighted by atomic mass is 9.96. The van der Waals surface area contributed by atoms with Crippen molar-refractivity contribution in [2.24, 2.45) is 5.73 Å². The quantitative estimate of drug-likeness (QED) is 0.317. The number of nitrogens with two attached hydrogens (primary N) is 1. The maximum Gasteiger partial charge on any atom is 0.313 e. The molecular formula is C26H23F2N5O5. The van der Waals surface area contributed by atoms with Crippen LogP contribution in [0.1, 0.15) is 33.1 Å². The number of fused-ring (bicyclic) bond motifs is 2. The van der Waals surface area contributed by atoms with Gasteiger partial charge in [0.05, 0.1) is 24.9 Å². The minimum Gasteiger partial charge on any atom is -0.494 e. The predicted octanol–water partition coefficient (Wildman–Crippen LogP) is 3.45. The number of urea groups is 1. The molecule has 2 aromatic carbocycles. The fourth-order valence-corrected chi connectivity index (χ4v) is 4.93. The number of aryl methyl sites for hydroxylation is 2. The van der Waals surface area contributed by atoms with Crippen LogP contribution in [-0.2, 0) is 16.9 Å². The summed E-state index contributed by atoms with van der Waals surface area (Å²) in [7, 11) is 1.28. The number of halogens is 2. The van der Waals surface area contributed by atoms with Crippen LogP contribution in [0.25, 0.3) is 22.1 Å². The van der Waals surface area contributed by atoms with Crippen molar-refractivity contribution in [2.45, 2.75) is 25.9 Å². The minimum atomic E-state index is -1.94. The first kappa shape index (κ1) is 24.9. The van der Waals surface area contributed by atoms with Crippen molar-refractivity contribution >= 4 is 29.2 Å². The summed E-state index contributed by atoms with van der Waals surface area (Å²) in [5, 5.41) is 9.72. The molecule has 4 N–H and O–H groups in total. The highest BCUT2D eigenvalue weighted by Crippen LogP contribution is 2.37. The third-order valence-electron chi connectivity index (χ3n) is 6.71. The van der Waals surface area contributed by atoms with Gasteiger partial charge in [-0.25, -0.2) is 13.6 Å². The van der Waals surface area contributed by atoms with Gasteiger partial charge in [0.15, 0.2) is 23.4 Å². The number of furan rings is 1. The first-order valence-electron chi connectivity index (χ1n) is 11.5. The molecule has 3 amide bonds. The van der Waals surface area contributed by atoms with Gasteiger partial charge in [-0.1, -0.05) is 6.07 Å². The Hall–Kier alpha value is -4.74. The minimum absolute atomic E-state index is 0.0385. The van der Waals surface area contributed by atoms with Crippen LogP contribution < -0.4 is 15.8 Å². The first-order valence-corrected chi connectivity index (χ1v) is 11.5. The number of hydrogen-bond donors (Lipinski definition) is 3. The Bertz CT molecular complexity index is 1610. The Labute approximate surface area is 214 Å². The van der Waals surface area contributed by atoms with Crippen LogP contribution in [0.4, 0.5) is 13.6 Å². The van der Waals surface area contributed by atoms with Crippen molar-refractivity contribution in [1.29, 1.82) is 0 Å². The maximum atomic E-state index is 15.1. The molecule has 12 heteroatoms. The predicted molar refractivity (Wildman–Crippen MR) is 131 cm³/mol. The van der Waals surface area contributed by atoms with Crippen molar-refractivity contribution in [2.75, 3.05) is 13.7 Å². The van der Waals surface area contributed by atoms with Crippen molar-refractivity contribution in [3.05, 3.63) is 70.2 Å². The van der Waals surface area contributed by atoms with Gasteiger partial charge in [0.2, 0.25) is 0 Å². The number of hydrogen-bond acceptors (Lipinski definition) is 6. The van der Waals surface area contributed by atoms with Crippen LogP contribution in [0, 0.1) is 25.5 Å². The largest absolute Gasteiger partial charge is 0.494 e. The molecule has 0 saturated heterocycles. The number of rotatable bonds is 7. The molecule has 0 aliphatic carbocycles. The zero-order valence-electron chi connectivity index (χ0n) is 20.6. The van der Waals surface area contributed by atoms with E-state index in [1.165, 1.54) is 30.2 Å². The van der Waals surface area contributed by atoms with E-state index in [1.54, 1.807) is 26.0 Å². The molecule has 4 aromatic rings. The number of H-pyrrole nitrogens is 1. The second-order valence-electron chi connectivity index (χ2n) is 9.15. The molecule has 38 heavy (non-hydrogen) atoms. The number of aromatic nitrogens is 2. The number of nitrogens with zero attached hydrogens (tertiary/aromatic N) is 2. The van der Waals surface area contributed by atoms with Gasteiger partial charge in [0, 0.05) is 34.8 Å². The van der Waals surface area contributed by atoms with Crippen molar-refractivity contribution in [3.8, 4) is 16.9 Å². The molecule has 196 valence electrons. The molecule has 0 spiro atoms. The van der Waals surface area contributed by atoms with E-state index in [0.29, 0.717) is 34.2 Å². The highest BCUT2D eigenvalue weighted by Gasteiger charge is 2.43. The molecule has 0 bridgehead atoms. The maximum absolute atomic E-state index is 15.1. The monoisotopic (exact) mass is 523 g/mol. The molecule has 0 unspecified atom stereocenters. The van der Waals surface area contributed by atoms with Crippen LogP contribution in [0.5, 0.6) is 5.75 Å². The number of benzene rings is 2. The average Bonchev–Trinajstić information content (AvgIpc) is 3.53. The van der Waals surface area contributed by atoms with Gasteiger partial charge in [-0.05, 0) is 37.6 Å². The van der Waals surface area contributed by atoms with E-state index in [2.05, 4.69) is 15.5 Å². The summed E-state index contributed by atoms with van der Waals surface area (Å²) in [6.07, 6.45) is 0.379. The zero-order valence-corrected chi connectivity index (χ0v) is 20.6. The average molecular weight is 523 g/mol. The molecule has 0 radical (unpaired) electrons. The van der Waals surface area contributed by atoms with Crippen LogP contribution >= 0.6 is 0 Å². The van der Waals surface area contributed by atoms with E-state index in [0.717, 1.165) is 0 Å². The van der Waals surface area contributed by atoms with Gasteiger partial charge in [0.1, 0.15) is 17.2 Å². The fourth-order valence-electron chi connectivity index (χ4n) is 4.93. The Balaban J connectivity index is 1.57. The summed E-state index contributed by atoms with van der Waals surface area (Å²) >= 11 is 0. The Morgan fingerprint density at radius 3 is 2.68 bits per heavy atom. The topological polar surface area (TPSA) is 144 Å². The summed E-state index contributed by atoms with van der Waals surface area (Å²) in [6, 6.07) is 6.05. The molecule has 5 rings (SSSR count). The van der Waals surface area contributed by atoms with Crippen LogP contribution in [-0.4, -0.2) is 47.0 Å². The first-order chi connectivity index (χ1) is 18.1. The van der Waals surface area contributed by atoms with E-state index in [1.807, 2.05) is 0 Å². The van der Waals surface area contributed by atoms with Crippen LogP contribution in [0.15, 0.2) is 34.7 Å². The second kappa shape index (κ2) is 8.98. The highest BCUT2D eigenvalue weighted by atomic mass is 19.1. The van der Waals surface area contributed by atoms with Gasteiger partial charge in [0.25, 0.3) is 5.91 Å². The van der Waals surface area contributed by atoms with Crippen molar-refractivity contribution < 1.29 is 32.3 Å². The van der Waals surface area contributed by atoms with Crippen molar-refractivity contribution in [1.82, 2.24) is 20.4 Å².